The number of esters is 1. The van der Waals surface area contributed by atoms with Crippen LogP contribution in [0.4, 0.5) is 13.2 Å². The van der Waals surface area contributed by atoms with E-state index in [9.17, 15) is 26.4 Å². The molecule has 0 unspecified atom stereocenters. The predicted molar refractivity (Wildman–Crippen MR) is 85.7 cm³/mol. The van der Waals surface area contributed by atoms with Crippen molar-refractivity contribution < 1.29 is 35.3 Å². The number of alkyl halides is 3. The molecule has 1 atom stereocenters. The Labute approximate surface area is 146 Å². The van der Waals surface area contributed by atoms with Gasteiger partial charge >= 0.3 is 21.6 Å². The number of rotatable bonds is 6. The van der Waals surface area contributed by atoms with Crippen LogP contribution >= 0.6 is 0 Å². The molecule has 1 aliphatic carbocycles. The van der Waals surface area contributed by atoms with Gasteiger partial charge < -0.3 is 8.92 Å². The Hall–Kier alpha value is -1.51. The van der Waals surface area contributed by atoms with E-state index in [2.05, 4.69) is 10.8 Å². The number of hydrogen-bond acceptors (Lipinski definition) is 5. The van der Waals surface area contributed by atoms with E-state index in [0.29, 0.717) is 18.4 Å². The average Bonchev–Trinajstić information content (AvgIpc) is 2.43. The van der Waals surface area contributed by atoms with Gasteiger partial charge in [0.25, 0.3) is 0 Å². The molecule has 0 N–H and O–H groups in total. The van der Waals surface area contributed by atoms with Gasteiger partial charge in [0.15, 0.2) is 0 Å². The lowest BCUT2D eigenvalue weighted by Gasteiger charge is -2.40. The maximum absolute atomic E-state index is 12.8. The Bertz CT molecular complexity index is 676. The third kappa shape index (κ3) is 4.77. The van der Waals surface area contributed by atoms with Gasteiger partial charge in [-0.1, -0.05) is 19.4 Å². The van der Waals surface area contributed by atoms with Crippen LogP contribution in [-0.2, 0) is 23.8 Å². The second-order valence-electron chi connectivity index (χ2n) is 7.01. The lowest BCUT2D eigenvalue weighted by atomic mass is 9.67. The summed E-state index contributed by atoms with van der Waals surface area (Å²) in [6, 6.07) is 0. The van der Waals surface area contributed by atoms with Crippen molar-refractivity contribution >= 4 is 16.1 Å². The molecule has 0 heterocycles. The van der Waals surface area contributed by atoms with Crippen LogP contribution in [0.5, 0.6) is 0 Å². The highest BCUT2D eigenvalue weighted by molar-refractivity contribution is 7.87. The monoisotopic (exact) mass is 384 g/mol. The largest absolute Gasteiger partial charge is 0.534 e. The van der Waals surface area contributed by atoms with Gasteiger partial charge in [0, 0.05) is 0 Å². The van der Waals surface area contributed by atoms with Crippen LogP contribution in [-0.4, -0.2) is 27.0 Å². The molecule has 9 heteroatoms. The molecule has 144 valence electrons. The highest BCUT2D eigenvalue weighted by Crippen LogP contribution is 2.50. The highest BCUT2D eigenvalue weighted by atomic mass is 32.2. The maximum Gasteiger partial charge on any atom is 0.534 e. The first-order valence-electron chi connectivity index (χ1n) is 7.64. The number of carbonyl (C=O) groups is 1. The molecule has 0 aromatic carbocycles. The van der Waals surface area contributed by atoms with Gasteiger partial charge in [0.05, 0.1) is 7.11 Å². The number of methoxy groups -OCH3 is 1. The van der Waals surface area contributed by atoms with E-state index in [0.717, 1.165) is 7.11 Å². The third-order valence-electron chi connectivity index (χ3n) is 4.23. The molecular weight excluding hydrogens is 361 g/mol. The quantitative estimate of drug-likeness (QED) is 0.299. The van der Waals surface area contributed by atoms with Crippen LogP contribution in [0.3, 0.4) is 0 Å². The molecule has 1 aliphatic rings. The number of carbonyl (C=O) groups excluding carboxylic acids is 1. The summed E-state index contributed by atoms with van der Waals surface area (Å²) in [6.45, 7) is 8.85. The molecule has 0 amide bonds. The topological polar surface area (TPSA) is 69.7 Å². The molecule has 0 bridgehead atoms. The molecule has 0 spiro atoms. The summed E-state index contributed by atoms with van der Waals surface area (Å²) in [7, 11) is -4.80. The van der Waals surface area contributed by atoms with Crippen LogP contribution in [0.2, 0.25) is 0 Å². The Morgan fingerprint density at radius 2 is 1.88 bits per heavy atom. The van der Waals surface area contributed by atoms with Crippen molar-refractivity contribution in [2.45, 2.75) is 52.0 Å². The highest BCUT2D eigenvalue weighted by Gasteiger charge is 2.55. The fourth-order valence-corrected chi connectivity index (χ4v) is 3.21. The van der Waals surface area contributed by atoms with E-state index in [1.807, 2.05) is 0 Å². The normalized spacial score (nSPS) is 23.6. The Balaban J connectivity index is 3.46. The van der Waals surface area contributed by atoms with Gasteiger partial charge in [0.2, 0.25) is 0 Å². The van der Waals surface area contributed by atoms with Crippen molar-refractivity contribution in [3.63, 3.8) is 0 Å². The first-order chi connectivity index (χ1) is 11.2. The van der Waals surface area contributed by atoms with Crippen molar-refractivity contribution in [1.82, 2.24) is 0 Å². The average molecular weight is 384 g/mol. The molecule has 0 saturated heterocycles. The van der Waals surface area contributed by atoms with E-state index in [-0.39, 0.29) is 12.8 Å². The van der Waals surface area contributed by atoms with Crippen molar-refractivity contribution in [3.05, 3.63) is 24.0 Å². The van der Waals surface area contributed by atoms with Gasteiger partial charge in [-0.3, -0.25) is 4.79 Å². The Morgan fingerprint density at radius 1 is 1.32 bits per heavy atom. The second-order valence-corrected chi connectivity index (χ2v) is 8.55. The minimum atomic E-state index is -5.90. The summed E-state index contributed by atoms with van der Waals surface area (Å²) < 4.78 is 70.5. The molecule has 0 aliphatic heterocycles. The zero-order valence-corrected chi connectivity index (χ0v) is 15.5. The van der Waals surface area contributed by atoms with E-state index in [1.165, 1.54) is 6.08 Å². The fourth-order valence-electron chi connectivity index (χ4n) is 2.67. The maximum atomic E-state index is 12.8. The SMILES string of the molecule is C=C(C)CC[C@]1(C(=O)OC)CCC(C)(C)C=C1OS(=O)(=O)C(F)(F)F. The summed E-state index contributed by atoms with van der Waals surface area (Å²) >= 11 is 0. The standard InChI is InChI=1S/C16H23F3O5S/c1-11(2)6-7-15(13(20)23-5)9-8-14(3,4)10-12(15)24-25(21,22)16(17,18)19/h10H,1,6-9H2,2-5H3/t15-/m0/s1. The number of hydrogen-bond donors (Lipinski definition) is 0. The summed E-state index contributed by atoms with van der Waals surface area (Å²) in [5.41, 5.74) is -7.11. The van der Waals surface area contributed by atoms with Crippen molar-refractivity contribution in [1.29, 1.82) is 0 Å². The van der Waals surface area contributed by atoms with Gasteiger partial charge in [-0.15, -0.1) is 6.58 Å². The third-order valence-corrected chi connectivity index (χ3v) is 5.19. The van der Waals surface area contributed by atoms with Crippen molar-refractivity contribution in [2.75, 3.05) is 7.11 Å². The van der Waals surface area contributed by atoms with Gasteiger partial charge in [-0.25, -0.2) is 0 Å². The second kappa shape index (κ2) is 7.01. The minimum Gasteiger partial charge on any atom is -0.468 e. The lowest BCUT2D eigenvalue weighted by Crippen LogP contribution is -2.42. The number of allylic oxidation sites excluding steroid dienone is 2. The lowest BCUT2D eigenvalue weighted by molar-refractivity contribution is -0.153. The minimum absolute atomic E-state index is 0.0459. The molecule has 0 fully saturated rings. The fraction of sp³-hybridized carbons (Fsp3) is 0.688. The van der Waals surface area contributed by atoms with Crippen LogP contribution in [0.15, 0.2) is 24.0 Å². The molecule has 25 heavy (non-hydrogen) atoms. The van der Waals surface area contributed by atoms with Crippen LogP contribution in [0.25, 0.3) is 0 Å². The molecule has 0 aromatic rings. The molecule has 5 nitrogen and oxygen atoms in total. The zero-order valence-electron chi connectivity index (χ0n) is 14.7. The van der Waals surface area contributed by atoms with Crippen LogP contribution in [0, 0.1) is 10.8 Å². The van der Waals surface area contributed by atoms with Crippen LogP contribution in [0.1, 0.15) is 46.5 Å². The Morgan fingerprint density at radius 3 is 2.32 bits per heavy atom. The first kappa shape index (κ1) is 21.5. The van der Waals surface area contributed by atoms with Crippen LogP contribution < -0.4 is 0 Å². The molecular formula is C16H23F3O5S. The van der Waals surface area contributed by atoms with Crippen molar-refractivity contribution in [3.8, 4) is 0 Å². The molecule has 0 saturated carbocycles. The van der Waals surface area contributed by atoms with E-state index in [1.54, 1.807) is 20.8 Å². The number of ether oxygens (including phenoxy) is 1. The van der Waals surface area contributed by atoms with Gasteiger partial charge in [-0.2, -0.15) is 21.6 Å². The predicted octanol–water partition coefficient (Wildman–Crippen LogP) is 4.07. The Kier molecular flexibility index (Phi) is 6.04. The number of halogens is 3. The smallest absolute Gasteiger partial charge is 0.468 e. The summed E-state index contributed by atoms with van der Waals surface area (Å²) in [4.78, 5) is 12.4. The van der Waals surface area contributed by atoms with E-state index in [4.69, 9.17) is 4.74 Å². The zero-order chi connectivity index (χ0) is 19.7. The van der Waals surface area contributed by atoms with E-state index >= 15 is 0 Å². The summed E-state index contributed by atoms with van der Waals surface area (Å²) in [6.07, 6.45) is 2.19. The molecule has 0 radical (unpaired) electrons. The summed E-state index contributed by atoms with van der Waals surface area (Å²) in [5, 5.41) is 0. The van der Waals surface area contributed by atoms with Gasteiger partial charge in [0.1, 0.15) is 11.2 Å². The molecule has 1 rings (SSSR count). The van der Waals surface area contributed by atoms with E-state index < -0.39 is 38.2 Å². The summed E-state index contributed by atoms with van der Waals surface area (Å²) in [5.74, 6) is -1.36. The first-order valence-corrected chi connectivity index (χ1v) is 9.05. The van der Waals surface area contributed by atoms with Gasteiger partial charge in [-0.05, 0) is 44.1 Å². The van der Waals surface area contributed by atoms with Crippen molar-refractivity contribution in [2.24, 2.45) is 10.8 Å². The molecule has 0 aromatic heterocycles.